The summed E-state index contributed by atoms with van der Waals surface area (Å²) >= 11 is 12.1. The minimum absolute atomic E-state index is 0.0762. The third-order valence-electron chi connectivity index (χ3n) is 5.59. The lowest BCUT2D eigenvalue weighted by Crippen LogP contribution is -2.20. The number of hydrogen-bond acceptors (Lipinski definition) is 2. The summed E-state index contributed by atoms with van der Waals surface area (Å²) in [6, 6.07) is 7.24. The second kappa shape index (κ2) is 7.00. The van der Waals surface area contributed by atoms with Gasteiger partial charge in [-0.3, -0.25) is 9.48 Å². The van der Waals surface area contributed by atoms with E-state index in [0.717, 1.165) is 17.4 Å². The first-order chi connectivity index (χ1) is 12.1. The van der Waals surface area contributed by atoms with E-state index < -0.39 is 0 Å². The standard InChI is InChI=1S/C19H21Cl2N3O/c20-16-4-3-14(17(21)10-16)11-24-6-5-18(23-24)22-19(25)9-15-8-12-1-2-13(15)7-12/h3-6,10,12-13,15H,1-2,7-9,11H2,(H,22,23,25)/t12-,13-,15+/m1/s1. The van der Waals surface area contributed by atoms with Crippen LogP contribution in [0, 0.1) is 17.8 Å². The second-order valence-corrected chi connectivity index (χ2v) is 8.17. The molecule has 1 aromatic heterocycles. The van der Waals surface area contributed by atoms with Crippen molar-refractivity contribution in [3.63, 3.8) is 0 Å². The van der Waals surface area contributed by atoms with Crippen molar-refractivity contribution in [1.29, 1.82) is 0 Å². The number of fused-ring (bicyclic) bond motifs is 2. The van der Waals surface area contributed by atoms with Gasteiger partial charge < -0.3 is 5.32 Å². The summed E-state index contributed by atoms with van der Waals surface area (Å²) in [7, 11) is 0. The van der Waals surface area contributed by atoms with Crippen LogP contribution in [-0.4, -0.2) is 15.7 Å². The monoisotopic (exact) mass is 377 g/mol. The molecule has 4 rings (SSSR count). The molecule has 3 atom stereocenters. The number of carbonyl (C=O) groups is 1. The molecule has 2 saturated carbocycles. The fraction of sp³-hybridized carbons (Fsp3) is 0.474. The summed E-state index contributed by atoms with van der Waals surface area (Å²) in [5, 5.41) is 8.59. The molecule has 1 amide bonds. The minimum atomic E-state index is 0.0762. The normalized spacial score (nSPS) is 24.6. The van der Waals surface area contributed by atoms with E-state index in [2.05, 4.69) is 10.4 Å². The summed E-state index contributed by atoms with van der Waals surface area (Å²) < 4.78 is 1.77. The molecule has 2 fully saturated rings. The van der Waals surface area contributed by atoms with Crippen molar-refractivity contribution in [2.24, 2.45) is 17.8 Å². The van der Waals surface area contributed by atoms with Crippen LogP contribution in [0.1, 0.15) is 37.7 Å². The Morgan fingerprint density at radius 2 is 2.12 bits per heavy atom. The zero-order chi connectivity index (χ0) is 17.4. The van der Waals surface area contributed by atoms with Crippen LogP contribution in [0.4, 0.5) is 5.82 Å². The molecule has 1 N–H and O–H groups in total. The molecule has 0 aliphatic heterocycles. The highest BCUT2D eigenvalue weighted by Crippen LogP contribution is 2.49. The average molecular weight is 378 g/mol. The van der Waals surface area contributed by atoms with Crippen LogP contribution in [0.15, 0.2) is 30.5 Å². The second-order valence-electron chi connectivity index (χ2n) is 7.32. The van der Waals surface area contributed by atoms with Crippen molar-refractivity contribution in [3.8, 4) is 0 Å². The lowest BCUT2D eigenvalue weighted by molar-refractivity contribution is -0.117. The topological polar surface area (TPSA) is 46.9 Å². The molecule has 0 unspecified atom stereocenters. The molecule has 25 heavy (non-hydrogen) atoms. The van der Waals surface area contributed by atoms with Crippen LogP contribution < -0.4 is 5.32 Å². The number of nitrogens with zero attached hydrogens (tertiary/aromatic N) is 2. The quantitative estimate of drug-likeness (QED) is 0.796. The Bertz CT molecular complexity index is 789. The summed E-state index contributed by atoms with van der Waals surface area (Å²) in [4.78, 5) is 12.3. The maximum atomic E-state index is 12.3. The predicted molar refractivity (Wildman–Crippen MR) is 100.0 cm³/mol. The molecule has 2 aliphatic rings. The number of amides is 1. The summed E-state index contributed by atoms with van der Waals surface area (Å²) in [6.45, 7) is 0.540. The van der Waals surface area contributed by atoms with Crippen LogP contribution >= 0.6 is 23.2 Å². The summed E-state index contributed by atoms with van der Waals surface area (Å²) in [5.41, 5.74) is 0.939. The van der Waals surface area contributed by atoms with Gasteiger partial charge in [-0.15, -0.1) is 0 Å². The Hall–Kier alpha value is -1.52. The van der Waals surface area contributed by atoms with E-state index in [1.807, 2.05) is 24.4 Å². The highest BCUT2D eigenvalue weighted by molar-refractivity contribution is 6.35. The van der Waals surface area contributed by atoms with Crippen molar-refractivity contribution >= 4 is 34.9 Å². The van der Waals surface area contributed by atoms with E-state index >= 15 is 0 Å². The van der Waals surface area contributed by atoms with Gasteiger partial charge in [0.25, 0.3) is 0 Å². The van der Waals surface area contributed by atoms with Crippen molar-refractivity contribution in [1.82, 2.24) is 9.78 Å². The van der Waals surface area contributed by atoms with E-state index in [4.69, 9.17) is 23.2 Å². The third-order valence-corrected chi connectivity index (χ3v) is 6.17. The molecule has 6 heteroatoms. The van der Waals surface area contributed by atoms with Gasteiger partial charge in [-0.25, -0.2) is 0 Å². The Balaban J connectivity index is 1.34. The van der Waals surface area contributed by atoms with Crippen molar-refractivity contribution in [2.45, 2.75) is 38.6 Å². The number of hydrogen-bond donors (Lipinski definition) is 1. The molecule has 132 valence electrons. The lowest BCUT2D eigenvalue weighted by Gasteiger charge is -2.20. The number of aromatic nitrogens is 2. The van der Waals surface area contributed by atoms with Crippen molar-refractivity contribution < 1.29 is 4.79 Å². The minimum Gasteiger partial charge on any atom is -0.309 e. The van der Waals surface area contributed by atoms with Gasteiger partial charge in [0, 0.05) is 28.7 Å². The van der Waals surface area contributed by atoms with Gasteiger partial charge in [0.1, 0.15) is 0 Å². The molecule has 0 saturated heterocycles. The van der Waals surface area contributed by atoms with E-state index in [0.29, 0.717) is 34.7 Å². The molecule has 2 bridgehead atoms. The fourth-order valence-electron chi connectivity index (χ4n) is 4.40. The highest BCUT2D eigenvalue weighted by atomic mass is 35.5. The molecule has 4 nitrogen and oxygen atoms in total. The van der Waals surface area contributed by atoms with Gasteiger partial charge >= 0.3 is 0 Å². The average Bonchev–Trinajstić information content (AvgIpc) is 3.27. The molecular weight excluding hydrogens is 357 g/mol. The first kappa shape index (κ1) is 16.9. The number of halogens is 2. The van der Waals surface area contributed by atoms with Crippen molar-refractivity contribution in [3.05, 3.63) is 46.1 Å². The van der Waals surface area contributed by atoms with Gasteiger partial charge in [-0.05, 0) is 54.7 Å². The first-order valence-corrected chi connectivity index (χ1v) is 9.59. The van der Waals surface area contributed by atoms with E-state index in [1.54, 1.807) is 10.7 Å². The SMILES string of the molecule is O=C(C[C@@H]1C[C@@H]2CC[C@@H]1C2)Nc1ccn(Cc2ccc(Cl)cc2Cl)n1. The predicted octanol–water partition coefficient (Wildman–Crippen LogP) is 5.00. The third kappa shape index (κ3) is 3.85. The van der Waals surface area contributed by atoms with Crippen LogP contribution in [-0.2, 0) is 11.3 Å². The van der Waals surface area contributed by atoms with Gasteiger partial charge in [0.2, 0.25) is 5.91 Å². The van der Waals surface area contributed by atoms with Crippen LogP contribution in [0.25, 0.3) is 0 Å². The highest BCUT2D eigenvalue weighted by Gasteiger charge is 2.40. The number of rotatable bonds is 5. The van der Waals surface area contributed by atoms with Crippen molar-refractivity contribution in [2.75, 3.05) is 5.32 Å². The molecule has 1 heterocycles. The number of anilines is 1. The molecule has 2 aromatic rings. The molecular formula is C19H21Cl2N3O. The van der Waals surface area contributed by atoms with Gasteiger partial charge in [0.15, 0.2) is 5.82 Å². The van der Waals surface area contributed by atoms with Gasteiger partial charge in [0.05, 0.1) is 6.54 Å². The smallest absolute Gasteiger partial charge is 0.225 e. The van der Waals surface area contributed by atoms with Crippen LogP contribution in [0.2, 0.25) is 10.0 Å². The maximum Gasteiger partial charge on any atom is 0.225 e. The molecule has 1 aromatic carbocycles. The largest absolute Gasteiger partial charge is 0.309 e. The number of benzene rings is 1. The fourth-order valence-corrected chi connectivity index (χ4v) is 4.87. The van der Waals surface area contributed by atoms with Gasteiger partial charge in [-0.1, -0.05) is 35.7 Å². The Kier molecular flexibility index (Phi) is 4.74. The Morgan fingerprint density at radius 3 is 2.84 bits per heavy atom. The van der Waals surface area contributed by atoms with Crippen LogP contribution in [0.3, 0.4) is 0 Å². The zero-order valence-electron chi connectivity index (χ0n) is 13.9. The Labute approximate surface area is 157 Å². The number of nitrogens with one attached hydrogen (secondary N) is 1. The molecule has 2 aliphatic carbocycles. The van der Waals surface area contributed by atoms with E-state index in [-0.39, 0.29) is 5.91 Å². The number of carbonyl (C=O) groups excluding carboxylic acids is 1. The molecule has 0 radical (unpaired) electrons. The Morgan fingerprint density at radius 1 is 1.24 bits per heavy atom. The molecule has 0 spiro atoms. The summed E-state index contributed by atoms with van der Waals surface area (Å²) in [5.74, 6) is 2.87. The van der Waals surface area contributed by atoms with E-state index in [1.165, 1.54) is 25.7 Å². The first-order valence-electron chi connectivity index (χ1n) is 8.84. The van der Waals surface area contributed by atoms with E-state index in [9.17, 15) is 4.79 Å². The summed E-state index contributed by atoms with van der Waals surface area (Å²) in [6.07, 6.45) is 7.69. The zero-order valence-corrected chi connectivity index (χ0v) is 15.4. The lowest BCUT2D eigenvalue weighted by atomic mass is 9.86. The van der Waals surface area contributed by atoms with Crippen LogP contribution in [0.5, 0.6) is 0 Å². The maximum absolute atomic E-state index is 12.3. The van der Waals surface area contributed by atoms with Gasteiger partial charge in [-0.2, -0.15) is 5.10 Å².